The lowest BCUT2D eigenvalue weighted by molar-refractivity contribution is -0.114. The van der Waals surface area contributed by atoms with Crippen LogP contribution in [0, 0.1) is 6.92 Å². The van der Waals surface area contributed by atoms with Gasteiger partial charge in [0, 0.05) is 6.92 Å². The molecule has 1 heterocycles. The van der Waals surface area contributed by atoms with Crippen molar-refractivity contribution in [2.75, 3.05) is 11.1 Å². The summed E-state index contributed by atoms with van der Waals surface area (Å²) in [7, 11) is 0. The molecule has 1 aromatic carbocycles. The first-order chi connectivity index (χ1) is 8.56. The quantitative estimate of drug-likeness (QED) is 0.939. The smallest absolute Gasteiger partial charge is 0.236 e. The van der Waals surface area contributed by atoms with Crippen LogP contribution in [0.3, 0.4) is 0 Å². The minimum Gasteiger partial charge on any atom is -0.301 e. The van der Waals surface area contributed by atoms with Crippen molar-refractivity contribution in [1.29, 1.82) is 0 Å². The number of carbonyl (C=O) groups excluding carboxylic acids is 2. The van der Waals surface area contributed by atoms with Gasteiger partial charge in [0.1, 0.15) is 0 Å². The molecule has 2 rings (SSSR count). The van der Waals surface area contributed by atoms with Crippen LogP contribution in [0.5, 0.6) is 0 Å². The summed E-state index contributed by atoms with van der Waals surface area (Å²) in [4.78, 5) is 26.7. The Kier molecular flexibility index (Phi) is 3.98. The Morgan fingerprint density at radius 3 is 2.89 bits per heavy atom. The van der Waals surface area contributed by atoms with E-state index < -0.39 is 0 Å². The van der Waals surface area contributed by atoms with Gasteiger partial charge in [0.05, 0.1) is 16.0 Å². The number of benzene rings is 1. The second-order valence-corrected chi connectivity index (χ2v) is 5.95. The SMILES string of the molecule is CC(=O)SCC(=O)Nc1nc2c(C)cccc2s1. The summed E-state index contributed by atoms with van der Waals surface area (Å²) in [6, 6.07) is 5.92. The number of rotatable bonds is 3. The van der Waals surface area contributed by atoms with E-state index in [1.165, 1.54) is 18.3 Å². The number of thioether (sulfide) groups is 1. The lowest BCUT2D eigenvalue weighted by Crippen LogP contribution is -2.14. The van der Waals surface area contributed by atoms with Gasteiger partial charge in [0.15, 0.2) is 10.2 Å². The molecule has 0 aliphatic carbocycles. The van der Waals surface area contributed by atoms with Crippen molar-refractivity contribution >= 4 is 49.5 Å². The van der Waals surface area contributed by atoms with Gasteiger partial charge < -0.3 is 5.32 Å². The zero-order valence-electron chi connectivity index (χ0n) is 10.0. The average Bonchev–Trinajstić information content (AvgIpc) is 2.70. The fourth-order valence-electron chi connectivity index (χ4n) is 1.46. The van der Waals surface area contributed by atoms with Crippen molar-refractivity contribution in [1.82, 2.24) is 4.98 Å². The number of carbonyl (C=O) groups is 2. The zero-order valence-corrected chi connectivity index (χ0v) is 11.7. The first-order valence-corrected chi connectivity index (χ1v) is 7.16. The van der Waals surface area contributed by atoms with E-state index in [2.05, 4.69) is 10.3 Å². The molecule has 18 heavy (non-hydrogen) atoms. The van der Waals surface area contributed by atoms with Gasteiger partial charge in [-0.1, -0.05) is 35.2 Å². The summed E-state index contributed by atoms with van der Waals surface area (Å²) >= 11 is 2.43. The number of para-hydroxylation sites is 1. The molecule has 0 fully saturated rings. The molecule has 1 amide bonds. The van der Waals surface area contributed by atoms with Gasteiger partial charge in [-0.3, -0.25) is 9.59 Å². The van der Waals surface area contributed by atoms with Gasteiger partial charge in [-0.2, -0.15) is 0 Å². The van der Waals surface area contributed by atoms with Gasteiger partial charge >= 0.3 is 0 Å². The molecule has 94 valence electrons. The Labute approximate surface area is 113 Å². The summed E-state index contributed by atoms with van der Waals surface area (Å²) < 4.78 is 1.05. The van der Waals surface area contributed by atoms with Crippen molar-refractivity contribution in [3.63, 3.8) is 0 Å². The highest BCUT2D eigenvalue weighted by molar-refractivity contribution is 8.14. The monoisotopic (exact) mass is 280 g/mol. The number of fused-ring (bicyclic) bond motifs is 1. The molecule has 2 aromatic rings. The molecule has 0 aliphatic rings. The lowest BCUT2D eigenvalue weighted by atomic mass is 10.2. The minimum atomic E-state index is -0.202. The van der Waals surface area contributed by atoms with Crippen molar-refractivity contribution in [3.05, 3.63) is 23.8 Å². The van der Waals surface area contributed by atoms with E-state index in [4.69, 9.17) is 0 Å². The molecule has 0 saturated heterocycles. The predicted octanol–water partition coefficient (Wildman–Crippen LogP) is 2.82. The van der Waals surface area contributed by atoms with Gasteiger partial charge in [0.25, 0.3) is 0 Å². The van der Waals surface area contributed by atoms with Crippen LogP contribution in [0.4, 0.5) is 5.13 Å². The van der Waals surface area contributed by atoms with E-state index in [1.807, 2.05) is 25.1 Å². The van der Waals surface area contributed by atoms with Crippen LogP contribution >= 0.6 is 23.1 Å². The van der Waals surface area contributed by atoms with Crippen molar-refractivity contribution < 1.29 is 9.59 Å². The molecular formula is C12H12N2O2S2. The third kappa shape index (κ3) is 3.08. The van der Waals surface area contributed by atoms with Crippen molar-refractivity contribution in [3.8, 4) is 0 Å². The summed E-state index contributed by atoms with van der Waals surface area (Å²) in [6.45, 7) is 3.43. The molecular weight excluding hydrogens is 268 g/mol. The third-order valence-corrected chi connectivity index (χ3v) is 4.02. The van der Waals surface area contributed by atoms with E-state index >= 15 is 0 Å². The lowest BCUT2D eigenvalue weighted by Gasteiger charge is -1.98. The second kappa shape index (κ2) is 5.49. The maximum atomic E-state index is 11.6. The molecule has 0 spiro atoms. The Morgan fingerprint density at radius 2 is 2.22 bits per heavy atom. The molecule has 1 N–H and O–H groups in total. The number of thiazole rings is 1. The largest absolute Gasteiger partial charge is 0.301 e. The summed E-state index contributed by atoms with van der Waals surface area (Å²) in [5.74, 6) is -0.0727. The Balaban J connectivity index is 2.10. The number of amides is 1. The highest BCUT2D eigenvalue weighted by Gasteiger charge is 2.09. The Bertz CT molecular complexity index is 607. The van der Waals surface area contributed by atoms with Crippen LogP contribution in [-0.2, 0) is 9.59 Å². The number of hydrogen-bond donors (Lipinski definition) is 1. The third-order valence-electron chi connectivity index (χ3n) is 2.27. The molecule has 0 bridgehead atoms. The Morgan fingerprint density at radius 1 is 1.44 bits per heavy atom. The molecule has 6 heteroatoms. The highest BCUT2D eigenvalue weighted by atomic mass is 32.2. The molecule has 0 aliphatic heterocycles. The fraction of sp³-hybridized carbons (Fsp3) is 0.250. The molecule has 0 saturated carbocycles. The maximum absolute atomic E-state index is 11.6. The fourth-order valence-corrected chi connectivity index (χ4v) is 2.83. The number of aromatic nitrogens is 1. The number of nitrogens with zero attached hydrogens (tertiary/aromatic N) is 1. The van der Waals surface area contributed by atoms with E-state index in [1.54, 1.807) is 0 Å². The van der Waals surface area contributed by atoms with Crippen LogP contribution in [0.1, 0.15) is 12.5 Å². The number of nitrogens with one attached hydrogen (secondary N) is 1. The molecule has 0 unspecified atom stereocenters. The topological polar surface area (TPSA) is 59.1 Å². The van der Waals surface area contributed by atoms with Crippen LogP contribution in [0.2, 0.25) is 0 Å². The van der Waals surface area contributed by atoms with Crippen LogP contribution in [0.25, 0.3) is 10.2 Å². The first kappa shape index (κ1) is 13.0. The highest BCUT2D eigenvalue weighted by Crippen LogP contribution is 2.27. The minimum absolute atomic E-state index is 0.0645. The van der Waals surface area contributed by atoms with Crippen molar-refractivity contribution in [2.45, 2.75) is 13.8 Å². The zero-order chi connectivity index (χ0) is 13.1. The van der Waals surface area contributed by atoms with E-state index in [9.17, 15) is 9.59 Å². The molecule has 0 atom stereocenters. The van der Waals surface area contributed by atoms with E-state index in [0.717, 1.165) is 27.5 Å². The van der Waals surface area contributed by atoms with Crippen molar-refractivity contribution in [2.24, 2.45) is 0 Å². The summed E-state index contributed by atoms with van der Waals surface area (Å²) in [6.07, 6.45) is 0. The van der Waals surface area contributed by atoms with E-state index in [0.29, 0.717) is 5.13 Å². The van der Waals surface area contributed by atoms with Crippen LogP contribution < -0.4 is 5.32 Å². The van der Waals surface area contributed by atoms with Crippen LogP contribution in [0.15, 0.2) is 18.2 Å². The van der Waals surface area contributed by atoms with Gasteiger partial charge in [0.2, 0.25) is 5.91 Å². The standard InChI is InChI=1S/C12H12N2O2S2/c1-7-4-3-5-9-11(7)14-12(18-9)13-10(16)6-17-8(2)15/h3-5H,6H2,1-2H3,(H,13,14,16). The number of anilines is 1. The van der Waals surface area contributed by atoms with Gasteiger partial charge in [-0.25, -0.2) is 4.98 Å². The maximum Gasteiger partial charge on any atom is 0.236 e. The Hall–Kier alpha value is -1.40. The normalized spacial score (nSPS) is 10.6. The average molecular weight is 280 g/mol. The number of hydrogen-bond acceptors (Lipinski definition) is 5. The van der Waals surface area contributed by atoms with E-state index in [-0.39, 0.29) is 16.8 Å². The molecule has 1 aromatic heterocycles. The van der Waals surface area contributed by atoms with Gasteiger partial charge in [-0.05, 0) is 18.6 Å². The second-order valence-electron chi connectivity index (χ2n) is 3.77. The molecule has 4 nitrogen and oxygen atoms in total. The first-order valence-electron chi connectivity index (χ1n) is 5.35. The van der Waals surface area contributed by atoms with Gasteiger partial charge in [-0.15, -0.1) is 0 Å². The molecule has 0 radical (unpaired) electrons. The number of aryl methyl sites for hydroxylation is 1. The summed E-state index contributed by atoms with van der Waals surface area (Å²) in [5, 5.41) is 3.22. The predicted molar refractivity (Wildman–Crippen MR) is 76.1 cm³/mol. The van der Waals surface area contributed by atoms with Crippen LogP contribution in [-0.4, -0.2) is 21.8 Å². The summed E-state index contributed by atoms with van der Waals surface area (Å²) in [5.41, 5.74) is 2.00.